The first-order valence-electron chi connectivity index (χ1n) is 6.18. The van der Waals surface area contributed by atoms with Gasteiger partial charge < -0.3 is 20.7 Å². The van der Waals surface area contributed by atoms with Crippen molar-refractivity contribution in [3.63, 3.8) is 0 Å². The van der Waals surface area contributed by atoms with Crippen molar-refractivity contribution < 1.29 is 9.53 Å². The number of benzene rings is 1. The van der Waals surface area contributed by atoms with Crippen LogP contribution >= 0.6 is 0 Å². The summed E-state index contributed by atoms with van der Waals surface area (Å²) in [7, 11) is 0. The summed E-state index contributed by atoms with van der Waals surface area (Å²) >= 11 is 0. The van der Waals surface area contributed by atoms with E-state index in [1.165, 1.54) is 0 Å². The van der Waals surface area contributed by atoms with Crippen molar-refractivity contribution in [1.29, 1.82) is 0 Å². The molecule has 98 valence electrons. The lowest BCUT2D eigenvalue weighted by Crippen LogP contribution is -2.51. The van der Waals surface area contributed by atoms with E-state index < -0.39 is 0 Å². The predicted octanol–water partition coefficient (Wildman–Crippen LogP) is 0.556. The van der Waals surface area contributed by atoms with Crippen molar-refractivity contribution >= 4 is 6.03 Å². The Morgan fingerprint density at radius 3 is 2.94 bits per heavy atom. The van der Waals surface area contributed by atoms with Crippen LogP contribution in [0.25, 0.3) is 0 Å². The molecule has 1 heterocycles. The van der Waals surface area contributed by atoms with Crippen LogP contribution < -0.4 is 11.1 Å². The van der Waals surface area contributed by atoms with Gasteiger partial charge in [0, 0.05) is 26.2 Å². The molecule has 1 aliphatic rings. The topological polar surface area (TPSA) is 67.6 Å². The molecule has 0 radical (unpaired) electrons. The maximum absolute atomic E-state index is 12.0. The number of nitrogens with one attached hydrogen (secondary N) is 1. The minimum Gasteiger partial charge on any atom is -0.373 e. The van der Waals surface area contributed by atoms with Crippen LogP contribution in [-0.2, 0) is 11.3 Å². The fourth-order valence-electron chi connectivity index (χ4n) is 1.93. The maximum atomic E-state index is 12.0. The second kappa shape index (κ2) is 6.37. The van der Waals surface area contributed by atoms with Crippen LogP contribution in [0.15, 0.2) is 30.3 Å². The third-order valence-corrected chi connectivity index (χ3v) is 2.98. The number of urea groups is 1. The molecule has 5 heteroatoms. The molecule has 1 fully saturated rings. The zero-order valence-electron chi connectivity index (χ0n) is 10.3. The van der Waals surface area contributed by atoms with E-state index in [0.717, 1.165) is 5.56 Å². The summed E-state index contributed by atoms with van der Waals surface area (Å²) in [5.41, 5.74) is 6.64. The fraction of sp³-hybridized carbons (Fsp3) is 0.462. The van der Waals surface area contributed by atoms with E-state index in [9.17, 15) is 4.79 Å². The average molecular weight is 249 g/mol. The number of rotatable bonds is 3. The number of carbonyl (C=O) groups is 1. The molecular weight excluding hydrogens is 230 g/mol. The van der Waals surface area contributed by atoms with Gasteiger partial charge >= 0.3 is 6.03 Å². The Morgan fingerprint density at radius 1 is 1.44 bits per heavy atom. The minimum absolute atomic E-state index is 0.0405. The summed E-state index contributed by atoms with van der Waals surface area (Å²) in [4.78, 5) is 13.7. The van der Waals surface area contributed by atoms with Crippen molar-refractivity contribution in [2.75, 3.05) is 26.2 Å². The largest absolute Gasteiger partial charge is 0.373 e. The molecule has 1 aliphatic heterocycles. The maximum Gasteiger partial charge on any atom is 0.317 e. The summed E-state index contributed by atoms with van der Waals surface area (Å²) in [6, 6.07) is 9.80. The Morgan fingerprint density at radius 2 is 2.22 bits per heavy atom. The van der Waals surface area contributed by atoms with Gasteiger partial charge in [0.1, 0.15) is 0 Å². The summed E-state index contributed by atoms with van der Waals surface area (Å²) in [6.45, 7) is 2.74. The SMILES string of the molecule is NCC1CN(C(=O)NCc2ccccc2)CCO1. The highest BCUT2D eigenvalue weighted by Crippen LogP contribution is 2.05. The molecule has 1 aromatic carbocycles. The van der Waals surface area contributed by atoms with Crippen molar-refractivity contribution in [1.82, 2.24) is 10.2 Å². The molecule has 0 aliphatic carbocycles. The van der Waals surface area contributed by atoms with E-state index in [1.54, 1.807) is 4.90 Å². The van der Waals surface area contributed by atoms with Crippen molar-refractivity contribution in [2.45, 2.75) is 12.6 Å². The van der Waals surface area contributed by atoms with Crippen molar-refractivity contribution in [3.05, 3.63) is 35.9 Å². The Balaban J connectivity index is 1.81. The molecule has 0 saturated carbocycles. The number of hydrogen-bond donors (Lipinski definition) is 2. The van der Waals surface area contributed by atoms with Crippen LogP contribution in [-0.4, -0.2) is 43.3 Å². The van der Waals surface area contributed by atoms with E-state index in [1.807, 2.05) is 30.3 Å². The van der Waals surface area contributed by atoms with E-state index in [0.29, 0.717) is 32.8 Å². The lowest BCUT2D eigenvalue weighted by Gasteiger charge is -2.32. The summed E-state index contributed by atoms with van der Waals surface area (Å²) in [5, 5.41) is 2.90. The van der Waals surface area contributed by atoms with Crippen molar-refractivity contribution in [3.8, 4) is 0 Å². The highest BCUT2D eigenvalue weighted by atomic mass is 16.5. The fourth-order valence-corrected chi connectivity index (χ4v) is 1.93. The molecule has 5 nitrogen and oxygen atoms in total. The van der Waals surface area contributed by atoms with Crippen LogP contribution in [0.5, 0.6) is 0 Å². The number of carbonyl (C=O) groups excluding carboxylic acids is 1. The van der Waals surface area contributed by atoms with Gasteiger partial charge in [-0.3, -0.25) is 0 Å². The number of ether oxygens (including phenoxy) is 1. The Kier molecular flexibility index (Phi) is 4.55. The van der Waals surface area contributed by atoms with Crippen LogP contribution in [0.4, 0.5) is 4.79 Å². The molecule has 2 rings (SSSR count). The number of morpholine rings is 1. The summed E-state index contributed by atoms with van der Waals surface area (Å²) in [6.07, 6.45) is -0.0405. The van der Waals surface area contributed by atoms with Crippen LogP contribution in [0.3, 0.4) is 0 Å². The number of nitrogens with zero attached hydrogens (tertiary/aromatic N) is 1. The van der Waals surface area contributed by atoms with Gasteiger partial charge in [0.25, 0.3) is 0 Å². The first-order valence-corrected chi connectivity index (χ1v) is 6.18. The van der Waals surface area contributed by atoms with E-state index >= 15 is 0 Å². The van der Waals surface area contributed by atoms with Gasteiger partial charge in [0.05, 0.1) is 12.7 Å². The zero-order valence-corrected chi connectivity index (χ0v) is 10.3. The Hall–Kier alpha value is -1.59. The molecule has 0 bridgehead atoms. The van der Waals surface area contributed by atoms with Crippen LogP contribution in [0.2, 0.25) is 0 Å². The van der Waals surface area contributed by atoms with E-state index in [2.05, 4.69) is 5.32 Å². The third-order valence-electron chi connectivity index (χ3n) is 2.98. The second-order valence-corrected chi connectivity index (χ2v) is 4.32. The lowest BCUT2D eigenvalue weighted by molar-refractivity contribution is -0.00863. The molecule has 18 heavy (non-hydrogen) atoms. The number of nitrogens with two attached hydrogens (primary N) is 1. The average Bonchev–Trinajstić information content (AvgIpc) is 2.46. The molecule has 0 spiro atoms. The van der Waals surface area contributed by atoms with Gasteiger partial charge in [-0.05, 0) is 5.56 Å². The first kappa shape index (κ1) is 12.9. The van der Waals surface area contributed by atoms with Gasteiger partial charge in [0.2, 0.25) is 0 Å². The van der Waals surface area contributed by atoms with Gasteiger partial charge in [-0.2, -0.15) is 0 Å². The third kappa shape index (κ3) is 3.45. The lowest BCUT2D eigenvalue weighted by atomic mass is 10.2. The molecule has 0 aromatic heterocycles. The first-order chi connectivity index (χ1) is 8.79. The number of hydrogen-bond acceptors (Lipinski definition) is 3. The van der Waals surface area contributed by atoms with E-state index in [4.69, 9.17) is 10.5 Å². The quantitative estimate of drug-likeness (QED) is 0.822. The normalized spacial score (nSPS) is 19.6. The predicted molar refractivity (Wildman–Crippen MR) is 69.0 cm³/mol. The van der Waals surface area contributed by atoms with Crippen molar-refractivity contribution in [2.24, 2.45) is 5.73 Å². The standard InChI is InChI=1S/C13H19N3O2/c14-8-12-10-16(6-7-18-12)13(17)15-9-11-4-2-1-3-5-11/h1-5,12H,6-10,14H2,(H,15,17). The summed E-state index contributed by atoms with van der Waals surface area (Å²) < 4.78 is 5.42. The van der Waals surface area contributed by atoms with Gasteiger partial charge in [-0.15, -0.1) is 0 Å². The molecule has 3 N–H and O–H groups in total. The highest BCUT2D eigenvalue weighted by Gasteiger charge is 2.22. The molecular formula is C13H19N3O2. The minimum atomic E-state index is -0.0550. The summed E-state index contributed by atoms with van der Waals surface area (Å²) in [5.74, 6) is 0. The molecule has 1 aromatic rings. The molecule has 1 saturated heterocycles. The smallest absolute Gasteiger partial charge is 0.317 e. The zero-order chi connectivity index (χ0) is 12.8. The van der Waals surface area contributed by atoms with Crippen LogP contribution in [0.1, 0.15) is 5.56 Å². The van der Waals surface area contributed by atoms with Gasteiger partial charge in [0.15, 0.2) is 0 Å². The molecule has 1 unspecified atom stereocenters. The highest BCUT2D eigenvalue weighted by molar-refractivity contribution is 5.74. The monoisotopic (exact) mass is 249 g/mol. The van der Waals surface area contributed by atoms with Gasteiger partial charge in [-0.1, -0.05) is 30.3 Å². The molecule has 1 atom stereocenters. The molecule has 2 amide bonds. The second-order valence-electron chi connectivity index (χ2n) is 4.32. The van der Waals surface area contributed by atoms with Gasteiger partial charge in [-0.25, -0.2) is 4.79 Å². The Bertz CT molecular complexity index is 383. The number of amides is 2. The van der Waals surface area contributed by atoms with Crippen LogP contribution in [0, 0.1) is 0 Å². The Labute approximate surface area is 107 Å². The van der Waals surface area contributed by atoms with E-state index in [-0.39, 0.29) is 12.1 Å².